The Morgan fingerprint density at radius 1 is 0.878 bits per heavy atom. The molecule has 3 aliphatic heterocycles. The summed E-state index contributed by atoms with van der Waals surface area (Å²) >= 11 is 0. The highest BCUT2D eigenvalue weighted by atomic mass is 28.4. The molecule has 3 heterocycles. The smallest absolute Gasteiger partial charge is 0.250 e. The summed E-state index contributed by atoms with van der Waals surface area (Å²) < 4.78 is 31.9. The molecule has 3 aliphatic rings. The van der Waals surface area contributed by atoms with Crippen molar-refractivity contribution in [3.8, 4) is 23.0 Å². The topological polar surface area (TPSA) is 69.7 Å². The lowest BCUT2D eigenvalue weighted by Gasteiger charge is -2.54. The predicted octanol–water partition coefficient (Wildman–Crippen LogP) is 8.07. The van der Waals surface area contributed by atoms with Crippen LogP contribution in [0.25, 0.3) is 6.08 Å². The van der Waals surface area contributed by atoms with Crippen LogP contribution in [0.15, 0.2) is 42.1 Å². The second kappa shape index (κ2) is 12.8. The highest BCUT2D eigenvalue weighted by molar-refractivity contribution is 6.74. The Morgan fingerprint density at radius 3 is 2.14 bits per heavy atom. The van der Waals surface area contributed by atoms with Crippen molar-refractivity contribution < 1.29 is 28.2 Å². The molecule has 1 fully saturated rings. The van der Waals surface area contributed by atoms with Gasteiger partial charge in [-0.05, 0) is 86.3 Å². The monoisotopic (exact) mass is 684 g/mol. The van der Waals surface area contributed by atoms with Crippen LogP contribution in [0.4, 0.5) is 0 Å². The summed E-state index contributed by atoms with van der Waals surface area (Å²) in [6.45, 7) is 18.2. The third kappa shape index (κ3) is 5.64. The highest BCUT2D eigenvalue weighted by Crippen LogP contribution is 2.57. The number of carbonyl (C=O) groups is 1. The van der Waals surface area contributed by atoms with E-state index in [0.717, 1.165) is 50.6 Å². The first-order valence-corrected chi connectivity index (χ1v) is 20.1. The number of rotatable bonds is 9. The summed E-state index contributed by atoms with van der Waals surface area (Å²) in [6.07, 6.45) is 2.80. The molecule has 262 valence electrons. The molecule has 2 bridgehead atoms. The average Bonchev–Trinajstić information content (AvgIpc) is 3.04. The first kappa shape index (κ1) is 35.0. The van der Waals surface area contributed by atoms with Gasteiger partial charge in [0.25, 0.3) is 8.32 Å². The van der Waals surface area contributed by atoms with E-state index in [-0.39, 0.29) is 29.6 Å². The Bertz CT molecular complexity index is 1810. The number of amides is 1. The van der Waals surface area contributed by atoms with E-state index in [2.05, 4.69) is 83.9 Å². The molecule has 0 N–H and O–H groups in total. The van der Waals surface area contributed by atoms with Crippen LogP contribution in [0.1, 0.15) is 77.4 Å². The van der Waals surface area contributed by atoms with Crippen LogP contribution in [-0.4, -0.2) is 65.1 Å². The maximum absolute atomic E-state index is 14.9. The van der Waals surface area contributed by atoms with Crippen LogP contribution in [0, 0.1) is 20.8 Å². The van der Waals surface area contributed by atoms with Crippen LogP contribution < -0.4 is 18.6 Å². The fourth-order valence-electron chi connectivity index (χ4n) is 7.78. The van der Waals surface area contributed by atoms with Gasteiger partial charge in [-0.25, -0.2) is 0 Å². The predicted molar refractivity (Wildman–Crippen MR) is 196 cm³/mol. The molecule has 0 spiro atoms. The summed E-state index contributed by atoms with van der Waals surface area (Å²) in [5, 5.41) is -0.0480. The van der Waals surface area contributed by atoms with Gasteiger partial charge in [-0.15, -0.1) is 0 Å². The maximum Gasteiger partial charge on any atom is 0.250 e. The molecule has 9 heteroatoms. The molecule has 8 nitrogen and oxygen atoms in total. The van der Waals surface area contributed by atoms with Crippen LogP contribution in [-0.2, 0) is 22.6 Å². The lowest BCUT2D eigenvalue weighted by molar-refractivity contribution is -0.145. The Morgan fingerprint density at radius 2 is 1.53 bits per heavy atom. The number of carbonyl (C=O) groups excluding carboxylic acids is 1. The van der Waals surface area contributed by atoms with E-state index in [1.807, 2.05) is 30.0 Å². The highest BCUT2D eigenvalue weighted by Gasteiger charge is 2.53. The van der Waals surface area contributed by atoms with E-state index in [1.54, 1.807) is 21.3 Å². The zero-order valence-electron chi connectivity index (χ0n) is 31.2. The van der Waals surface area contributed by atoms with Gasteiger partial charge in [0.1, 0.15) is 11.5 Å². The first-order chi connectivity index (χ1) is 23.2. The second-order valence-corrected chi connectivity index (χ2v) is 19.9. The third-order valence-corrected chi connectivity index (χ3v) is 15.6. The van der Waals surface area contributed by atoms with Crippen molar-refractivity contribution in [1.82, 2.24) is 9.80 Å². The minimum Gasteiger partial charge on any atom is -0.543 e. The molecule has 0 radical (unpaired) electrons. The molecule has 0 aliphatic carbocycles. The normalized spacial score (nSPS) is 20.2. The lowest BCUT2D eigenvalue weighted by Crippen LogP contribution is -2.60. The van der Waals surface area contributed by atoms with E-state index in [0.29, 0.717) is 24.5 Å². The van der Waals surface area contributed by atoms with Crippen LogP contribution in [0.2, 0.25) is 18.1 Å². The minimum absolute atomic E-state index is 0.0480. The van der Waals surface area contributed by atoms with E-state index in [1.165, 1.54) is 11.1 Å². The van der Waals surface area contributed by atoms with E-state index in [4.69, 9.17) is 23.4 Å². The second-order valence-electron chi connectivity index (χ2n) is 15.2. The van der Waals surface area contributed by atoms with Gasteiger partial charge in [-0.1, -0.05) is 57.2 Å². The molecule has 3 aromatic carbocycles. The zero-order valence-corrected chi connectivity index (χ0v) is 32.2. The fourth-order valence-corrected chi connectivity index (χ4v) is 8.86. The van der Waals surface area contributed by atoms with Gasteiger partial charge in [0, 0.05) is 22.4 Å². The molecule has 1 amide bonds. The number of fused-ring (bicyclic) bond motifs is 7. The maximum atomic E-state index is 14.9. The quantitative estimate of drug-likeness (QED) is 0.211. The van der Waals surface area contributed by atoms with Crippen molar-refractivity contribution in [2.24, 2.45) is 0 Å². The fraction of sp³-hybridized carbons (Fsp3) is 0.475. The summed E-state index contributed by atoms with van der Waals surface area (Å²) in [5.74, 6) is 2.94. The molecule has 3 aromatic rings. The SMILES string of the molecule is COc1c(C)cc2c(c1C)[C@@H]1C3=Cc4c(O[Si](C)(C)C(C)(C)C)c(C)c(OC)c(OC)c4[C@H](COCc4ccccc4)N3C(=O)[C@H](C2)N1C. The van der Waals surface area contributed by atoms with Gasteiger partial charge in [0.15, 0.2) is 11.5 Å². The molecule has 1 saturated heterocycles. The molecule has 3 atom stereocenters. The molecule has 0 aromatic heterocycles. The van der Waals surface area contributed by atoms with Crippen molar-refractivity contribution in [3.05, 3.63) is 86.6 Å². The number of nitrogens with zero attached hydrogens (tertiary/aromatic N) is 2. The van der Waals surface area contributed by atoms with Crippen LogP contribution in [0.3, 0.4) is 0 Å². The van der Waals surface area contributed by atoms with E-state index < -0.39 is 14.4 Å². The number of ether oxygens (including phenoxy) is 4. The Hall–Kier alpha value is -3.79. The Labute approximate surface area is 293 Å². The van der Waals surface area contributed by atoms with Gasteiger partial charge in [-0.3, -0.25) is 9.69 Å². The number of piperazine rings is 1. The molecule has 49 heavy (non-hydrogen) atoms. The average molecular weight is 685 g/mol. The number of hydrogen-bond donors (Lipinski definition) is 0. The van der Waals surface area contributed by atoms with Crippen LogP contribution in [0.5, 0.6) is 23.0 Å². The summed E-state index contributed by atoms with van der Waals surface area (Å²) in [7, 11) is 4.80. The molecular weight excluding hydrogens is 633 g/mol. The van der Waals surface area contributed by atoms with Crippen molar-refractivity contribution in [2.45, 2.75) is 90.8 Å². The molecule has 0 saturated carbocycles. The number of likely N-dealkylation sites (N-methyl/N-ethyl adjacent to an activating group) is 1. The number of methoxy groups -OCH3 is 3. The van der Waals surface area contributed by atoms with Gasteiger partial charge < -0.3 is 28.3 Å². The largest absolute Gasteiger partial charge is 0.543 e. The Balaban J connectivity index is 1.63. The molecule has 0 unspecified atom stereocenters. The standard InChI is InChI=1S/C40H52N2O6Si/c1-23-18-27-19-30-39(43)42-29(34(41(30)7)32(27)24(2)35(23)44-8)20-28-33(31(42)22-47-21-26-16-14-13-15-17-26)38(46-10)37(45-9)25(3)36(28)48-49(11,12)40(4,5)6/h13-18,20,30-31,34H,19,21-22H2,1-12H3/t30-,31-,34-/m0/s1. The molecule has 6 rings (SSSR count). The number of hydrogen-bond acceptors (Lipinski definition) is 7. The molecular formula is C40H52N2O6Si. The van der Waals surface area contributed by atoms with Gasteiger partial charge in [0.05, 0.1) is 52.7 Å². The van der Waals surface area contributed by atoms with Crippen molar-refractivity contribution in [1.29, 1.82) is 0 Å². The van der Waals surface area contributed by atoms with E-state index in [9.17, 15) is 4.79 Å². The third-order valence-electron chi connectivity index (χ3n) is 11.3. The van der Waals surface area contributed by atoms with Crippen LogP contribution >= 0.6 is 0 Å². The number of benzene rings is 3. The lowest BCUT2D eigenvalue weighted by atomic mass is 9.77. The minimum atomic E-state index is -2.34. The van der Waals surface area contributed by atoms with Crippen molar-refractivity contribution >= 4 is 20.3 Å². The van der Waals surface area contributed by atoms with Gasteiger partial charge in [0.2, 0.25) is 5.91 Å². The number of aryl methyl sites for hydroxylation is 1. The zero-order chi connectivity index (χ0) is 35.6. The van der Waals surface area contributed by atoms with Gasteiger partial charge in [-0.2, -0.15) is 0 Å². The summed E-state index contributed by atoms with van der Waals surface area (Å²) in [5.41, 5.74) is 9.20. The Kier molecular flexibility index (Phi) is 9.18. The van der Waals surface area contributed by atoms with Gasteiger partial charge >= 0.3 is 0 Å². The summed E-state index contributed by atoms with van der Waals surface area (Å²) in [6, 6.07) is 11.3. The van der Waals surface area contributed by atoms with Crippen molar-refractivity contribution in [2.75, 3.05) is 35.0 Å². The van der Waals surface area contributed by atoms with E-state index >= 15 is 0 Å². The van der Waals surface area contributed by atoms with Crippen molar-refractivity contribution in [3.63, 3.8) is 0 Å². The first-order valence-electron chi connectivity index (χ1n) is 17.2. The summed E-state index contributed by atoms with van der Waals surface area (Å²) in [4.78, 5) is 19.1.